The number of benzene rings is 1. The maximum Gasteiger partial charge on any atom is 0.234 e. The summed E-state index contributed by atoms with van der Waals surface area (Å²) < 4.78 is 6.06. The van der Waals surface area contributed by atoms with Gasteiger partial charge in [0.2, 0.25) is 5.91 Å². The second-order valence-electron chi connectivity index (χ2n) is 6.98. The Labute approximate surface area is 150 Å². The molecule has 1 spiro atoms. The number of hydrogen-bond donors (Lipinski definition) is 0. The van der Waals surface area contributed by atoms with Crippen molar-refractivity contribution in [2.24, 2.45) is 11.8 Å². The Balaban J connectivity index is 1.85. The molecule has 0 aromatic heterocycles. The van der Waals surface area contributed by atoms with E-state index in [1.807, 2.05) is 13.0 Å². The first kappa shape index (κ1) is 16.4. The largest absolute Gasteiger partial charge is 0.550 e. The predicted molar refractivity (Wildman–Crippen MR) is 90.9 cm³/mol. The van der Waals surface area contributed by atoms with Gasteiger partial charge in [0.15, 0.2) is 0 Å². The third kappa shape index (κ3) is 2.19. The topological polar surface area (TPSA) is 69.7 Å². The van der Waals surface area contributed by atoms with Crippen LogP contribution >= 0.6 is 11.6 Å². The number of ether oxygens (including phenoxy) is 1. The maximum absolute atomic E-state index is 13.2. The molecule has 5 atom stereocenters. The normalized spacial score (nSPS) is 35.3. The summed E-state index contributed by atoms with van der Waals surface area (Å²) in [5, 5.41) is 12.2. The minimum absolute atomic E-state index is 0.269. The molecule has 3 heterocycles. The lowest BCUT2D eigenvalue weighted by atomic mass is 9.74. The first-order chi connectivity index (χ1) is 11.8. The second kappa shape index (κ2) is 5.44. The van der Waals surface area contributed by atoms with Crippen LogP contribution in [0.5, 0.6) is 0 Å². The fraction of sp³-hybridized carbons (Fsp3) is 0.368. The van der Waals surface area contributed by atoms with Crippen molar-refractivity contribution in [3.8, 4) is 0 Å². The van der Waals surface area contributed by atoms with Gasteiger partial charge in [-0.2, -0.15) is 0 Å². The van der Waals surface area contributed by atoms with Crippen LogP contribution in [0.4, 0.5) is 5.69 Å². The Hall–Kier alpha value is -2.11. The average Bonchev–Trinajstić information content (AvgIpc) is 3.16. The molecule has 1 aromatic rings. The van der Waals surface area contributed by atoms with E-state index in [2.05, 4.69) is 6.58 Å². The highest BCUT2D eigenvalue weighted by Crippen LogP contribution is 2.56. The van der Waals surface area contributed by atoms with Gasteiger partial charge >= 0.3 is 0 Å². The summed E-state index contributed by atoms with van der Waals surface area (Å²) in [5.74, 6) is -3.30. The van der Waals surface area contributed by atoms with Crippen molar-refractivity contribution < 1.29 is 19.4 Å². The van der Waals surface area contributed by atoms with Gasteiger partial charge in [-0.25, -0.2) is 0 Å². The maximum atomic E-state index is 13.2. The van der Waals surface area contributed by atoms with Crippen LogP contribution in [0.2, 0.25) is 5.02 Å². The van der Waals surface area contributed by atoms with Crippen LogP contribution in [0.15, 0.2) is 48.6 Å². The molecule has 0 saturated carbocycles. The summed E-state index contributed by atoms with van der Waals surface area (Å²) >= 11 is 6.10. The Bertz CT molecular complexity index is 819. The molecule has 2 fully saturated rings. The minimum Gasteiger partial charge on any atom is -0.550 e. The molecule has 2 saturated heterocycles. The molecule has 0 radical (unpaired) electrons. The summed E-state index contributed by atoms with van der Waals surface area (Å²) in [6, 6.07) is 6.61. The van der Waals surface area contributed by atoms with Crippen molar-refractivity contribution >= 4 is 29.2 Å². The number of aliphatic carboxylic acids is 1. The van der Waals surface area contributed by atoms with Crippen molar-refractivity contribution in [1.82, 2.24) is 0 Å². The lowest BCUT2D eigenvalue weighted by Crippen LogP contribution is -2.46. The van der Waals surface area contributed by atoms with Crippen LogP contribution in [0.3, 0.4) is 0 Å². The number of anilines is 1. The molecular weight excluding hydrogens is 342 g/mol. The van der Waals surface area contributed by atoms with E-state index in [1.54, 1.807) is 35.2 Å². The van der Waals surface area contributed by atoms with Gasteiger partial charge in [-0.15, -0.1) is 6.58 Å². The zero-order valence-electron chi connectivity index (χ0n) is 13.6. The monoisotopic (exact) mass is 358 g/mol. The predicted octanol–water partition coefficient (Wildman–Crippen LogP) is 1.71. The lowest BCUT2D eigenvalue weighted by molar-refractivity contribution is -0.313. The fourth-order valence-corrected chi connectivity index (χ4v) is 4.62. The van der Waals surface area contributed by atoms with Crippen molar-refractivity contribution in [3.63, 3.8) is 0 Å². The summed E-state index contributed by atoms with van der Waals surface area (Å²) in [6.45, 7) is 5.85. The highest BCUT2D eigenvalue weighted by atomic mass is 35.5. The second-order valence-corrected chi connectivity index (χ2v) is 7.42. The van der Waals surface area contributed by atoms with Crippen molar-refractivity contribution in [3.05, 3.63) is 53.6 Å². The Morgan fingerprint density at radius 2 is 2.24 bits per heavy atom. The highest BCUT2D eigenvalue weighted by molar-refractivity contribution is 6.31. The van der Waals surface area contributed by atoms with E-state index >= 15 is 0 Å². The molecule has 130 valence electrons. The number of fused-ring (bicyclic) bond motifs is 1. The standard InChI is InChI=1S/C19H18ClNO4/c1-10(2)8-14-19-7-6-13(25-19)15(18(23)24)16(19)17(22)21(14)12-5-3-4-11(20)9-12/h3-7,9,13-16H,1,8H2,2H3,(H,23,24)/p-1/t13-,14+,15-,16+,19+/m0/s1. The van der Waals surface area contributed by atoms with E-state index in [9.17, 15) is 14.7 Å². The number of nitrogens with zero attached hydrogens (tertiary/aromatic N) is 1. The molecule has 1 amide bonds. The molecular formula is C19H17ClNO4-. The van der Waals surface area contributed by atoms with Gasteiger partial charge in [-0.05, 0) is 31.5 Å². The molecule has 1 aromatic carbocycles. The van der Waals surface area contributed by atoms with Gasteiger partial charge in [-0.3, -0.25) is 4.79 Å². The summed E-state index contributed by atoms with van der Waals surface area (Å²) in [6.07, 6.45) is 3.47. The number of hydrogen-bond acceptors (Lipinski definition) is 4. The van der Waals surface area contributed by atoms with Crippen LogP contribution in [0.1, 0.15) is 13.3 Å². The first-order valence-corrected chi connectivity index (χ1v) is 8.54. The molecule has 4 rings (SSSR count). The molecule has 5 nitrogen and oxygen atoms in total. The molecule has 25 heavy (non-hydrogen) atoms. The number of carbonyl (C=O) groups excluding carboxylic acids is 2. The van der Waals surface area contributed by atoms with Gasteiger partial charge in [-0.1, -0.05) is 35.4 Å². The number of halogens is 1. The molecule has 0 aliphatic carbocycles. The number of carboxylic acids is 1. The van der Waals surface area contributed by atoms with Gasteiger partial charge < -0.3 is 19.5 Å². The minimum atomic E-state index is -1.25. The van der Waals surface area contributed by atoms with E-state index in [0.29, 0.717) is 17.1 Å². The van der Waals surface area contributed by atoms with Crippen LogP contribution in [-0.4, -0.2) is 29.6 Å². The SMILES string of the molecule is C=C(C)C[C@H]1N(c2cccc(Cl)c2)C(=O)[C@H]2[C@@H](C(=O)[O-])[C@@H]3C=C[C@]21O3. The molecule has 0 unspecified atom stereocenters. The summed E-state index contributed by atoms with van der Waals surface area (Å²) in [7, 11) is 0. The third-order valence-electron chi connectivity index (χ3n) is 5.32. The third-order valence-corrected chi connectivity index (χ3v) is 5.56. The van der Waals surface area contributed by atoms with Crippen LogP contribution in [-0.2, 0) is 14.3 Å². The number of rotatable bonds is 4. The lowest BCUT2D eigenvalue weighted by Gasteiger charge is -2.33. The van der Waals surface area contributed by atoms with Crippen LogP contribution < -0.4 is 10.0 Å². The Morgan fingerprint density at radius 3 is 2.88 bits per heavy atom. The average molecular weight is 359 g/mol. The molecule has 0 N–H and O–H groups in total. The van der Waals surface area contributed by atoms with Crippen molar-refractivity contribution in [2.75, 3.05) is 4.90 Å². The zero-order chi connectivity index (χ0) is 17.9. The zero-order valence-corrected chi connectivity index (χ0v) is 14.4. The fourth-order valence-electron chi connectivity index (χ4n) is 4.43. The first-order valence-electron chi connectivity index (χ1n) is 8.16. The summed E-state index contributed by atoms with van der Waals surface area (Å²) in [5.41, 5.74) is 0.551. The van der Waals surface area contributed by atoms with Crippen LogP contribution in [0.25, 0.3) is 0 Å². The molecule has 2 bridgehead atoms. The molecule has 3 aliphatic rings. The van der Waals surface area contributed by atoms with Gasteiger partial charge in [0.05, 0.1) is 18.1 Å². The number of carbonyl (C=O) groups is 2. The summed E-state index contributed by atoms with van der Waals surface area (Å²) in [4.78, 5) is 26.5. The van der Waals surface area contributed by atoms with Gasteiger partial charge in [0.1, 0.15) is 5.60 Å². The van der Waals surface area contributed by atoms with E-state index in [0.717, 1.165) is 5.57 Å². The molecule has 6 heteroatoms. The van der Waals surface area contributed by atoms with E-state index in [4.69, 9.17) is 16.3 Å². The van der Waals surface area contributed by atoms with Gasteiger partial charge in [0.25, 0.3) is 0 Å². The van der Waals surface area contributed by atoms with E-state index < -0.39 is 29.5 Å². The van der Waals surface area contributed by atoms with Gasteiger partial charge in [0, 0.05) is 22.6 Å². The van der Waals surface area contributed by atoms with Crippen molar-refractivity contribution in [2.45, 2.75) is 31.1 Å². The Morgan fingerprint density at radius 1 is 1.48 bits per heavy atom. The molecule has 3 aliphatic heterocycles. The van der Waals surface area contributed by atoms with E-state index in [-0.39, 0.29) is 11.9 Å². The van der Waals surface area contributed by atoms with Crippen LogP contribution in [0, 0.1) is 11.8 Å². The number of carboxylic acid groups (broad SMARTS) is 1. The number of amides is 1. The smallest absolute Gasteiger partial charge is 0.234 e. The Kier molecular flexibility index (Phi) is 3.56. The van der Waals surface area contributed by atoms with E-state index in [1.165, 1.54) is 0 Å². The highest BCUT2D eigenvalue weighted by Gasteiger charge is 2.69. The quantitative estimate of drug-likeness (QED) is 0.768. The van der Waals surface area contributed by atoms with Crippen molar-refractivity contribution in [1.29, 1.82) is 0 Å².